The van der Waals surface area contributed by atoms with Crippen LogP contribution in [0, 0.1) is 11.3 Å². The van der Waals surface area contributed by atoms with Gasteiger partial charge < -0.3 is 4.42 Å². The predicted octanol–water partition coefficient (Wildman–Crippen LogP) is 2.64. The Kier molecular flexibility index (Phi) is 2.54. The summed E-state index contributed by atoms with van der Waals surface area (Å²) in [5.74, 6) is 0. The number of nitriles is 1. The molecule has 1 aromatic heterocycles. The van der Waals surface area contributed by atoms with Crippen molar-refractivity contribution in [1.82, 2.24) is 0 Å². The van der Waals surface area contributed by atoms with E-state index in [1.165, 1.54) is 0 Å². The van der Waals surface area contributed by atoms with E-state index in [2.05, 4.69) is 10.6 Å². The third-order valence-electron chi connectivity index (χ3n) is 2.92. The van der Waals surface area contributed by atoms with Gasteiger partial charge in [0, 0.05) is 11.6 Å². The lowest BCUT2D eigenvalue weighted by Gasteiger charge is -1.95. The van der Waals surface area contributed by atoms with Gasteiger partial charge in [0.2, 0.25) is 5.58 Å². The normalized spacial score (nSPS) is 10.4. The molecule has 0 spiro atoms. The molecule has 86 valence electrons. The zero-order chi connectivity index (χ0) is 12.4. The summed E-state index contributed by atoms with van der Waals surface area (Å²) in [7, 11) is 0. The molecule has 0 N–H and O–H groups in total. The van der Waals surface area contributed by atoms with Crippen molar-refractivity contribution < 1.29 is 8.98 Å². The predicted molar refractivity (Wildman–Crippen MR) is 66.7 cm³/mol. The second kappa shape index (κ2) is 4.34. The maximum absolute atomic E-state index is 8.76. The molecule has 0 bridgehead atoms. The summed E-state index contributed by atoms with van der Waals surface area (Å²) in [6.45, 7) is 0.739. The molecule has 0 saturated heterocycles. The van der Waals surface area contributed by atoms with E-state index in [-0.39, 0.29) is 0 Å². The minimum Gasteiger partial charge on any atom is -0.404 e. The molecule has 0 aliphatic heterocycles. The van der Waals surface area contributed by atoms with Crippen LogP contribution >= 0.6 is 0 Å². The molecule has 18 heavy (non-hydrogen) atoms. The first-order chi connectivity index (χ1) is 8.86. The summed E-state index contributed by atoms with van der Waals surface area (Å²) in [6, 6.07) is 17.6. The molecule has 0 amide bonds. The molecule has 1 heterocycles. The Balaban J connectivity index is 1.94. The first kappa shape index (κ1) is 10.5. The average molecular weight is 235 g/mol. The fourth-order valence-electron chi connectivity index (χ4n) is 1.98. The largest absolute Gasteiger partial charge is 0.404 e. The van der Waals surface area contributed by atoms with E-state index in [4.69, 9.17) is 9.68 Å². The fourth-order valence-corrected chi connectivity index (χ4v) is 1.98. The number of oxazole rings is 1. The molecule has 0 unspecified atom stereocenters. The van der Waals surface area contributed by atoms with Crippen LogP contribution in [0.3, 0.4) is 0 Å². The van der Waals surface area contributed by atoms with Crippen LogP contribution in [-0.2, 0) is 6.54 Å². The van der Waals surface area contributed by atoms with Crippen LogP contribution < -0.4 is 4.57 Å². The first-order valence-corrected chi connectivity index (χ1v) is 5.71. The van der Waals surface area contributed by atoms with Crippen molar-refractivity contribution in [2.24, 2.45) is 0 Å². The zero-order valence-corrected chi connectivity index (χ0v) is 9.71. The quantitative estimate of drug-likeness (QED) is 0.641. The lowest BCUT2D eigenvalue weighted by molar-refractivity contribution is -0.667. The summed E-state index contributed by atoms with van der Waals surface area (Å²) >= 11 is 0. The molecule has 0 aliphatic rings. The molecule has 3 rings (SSSR count). The highest BCUT2D eigenvalue weighted by molar-refractivity contribution is 5.67. The summed E-state index contributed by atoms with van der Waals surface area (Å²) < 4.78 is 7.53. The van der Waals surface area contributed by atoms with Gasteiger partial charge in [-0.2, -0.15) is 9.83 Å². The van der Waals surface area contributed by atoms with E-state index < -0.39 is 0 Å². The van der Waals surface area contributed by atoms with Crippen molar-refractivity contribution >= 4 is 11.1 Å². The van der Waals surface area contributed by atoms with E-state index in [1.54, 1.807) is 6.39 Å². The SMILES string of the molecule is N#Cc1ccc(C[n+]2coc3ccccc32)cc1. The van der Waals surface area contributed by atoms with Crippen LogP contribution in [0.4, 0.5) is 0 Å². The topological polar surface area (TPSA) is 40.8 Å². The molecule has 3 heteroatoms. The summed E-state index contributed by atoms with van der Waals surface area (Å²) in [4.78, 5) is 0. The monoisotopic (exact) mass is 235 g/mol. The van der Waals surface area contributed by atoms with E-state index in [1.807, 2.05) is 48.5 Å². The van der Waals surface area contributed by atoms with Gasteiger partial charge in [-0.25, -0.2) is 0 Å². The average Bonchev–Trinajstić information content (AvgIpc) is 2.83. The smallest absolute Gasteiger partial charge is 0.335 e. The van der Waals surface area contributed by atoms with Crippen molar-refractivity contribution in [3.8, 4) is 6.07 Å². The highest BCUT2D eigenvalue weighted by Gasteiger charge is 2.12. The number of benzene rings is 2. The number of hydrogen-bond donors (Lipinski definition) is 0. The molecule has 0 aliphatic carbocycles. The van der Waals surface area contributed by atoms with E-state index in [9.17, 15) is 0 Å². The third-order valence-corrected chi connectivity index (χ3v) is 2.92. The Morgan fingerprint density at radius 2 is 1.83 bits per heavy atom. The number of rotatable bonds is 2. The van der Waals surface area contributed by atoms with Gasteiger partial charge in [0.25, 0.3) is 5.52 Å². The molecule has 0 saturated carbocycles. The van der Waals surface area contributed by atoms with E-state index in [0.29, 0.717) is 5.56 Å². The Morgan fingerprint density at radius 1 is 1.06 bits per heavy atom. The number of nitrogens with zero attached hydrogens (tertiary/aromatic N) is 2. The number of hydrogen-bond acceptors (Lipinski definition) is 2. The summed E-state index contributed by atoms with van der Waals surface area (Å²) in [5, 5.41) is 8.76. The van der Waals surface area contributed by atoms with Crippen molar-refractivity contribution in [3.63, 3.8) is 0 Å². The minimum absolute atomic E-state index is 0.681. The van der Waals surface area contributed by atoms with Crippen molar-refractivity contribution in [2.75, 3.05) is 0 Å². The van der Waals surface area contributed by atoms with Crippen LogP contribution in [0.1, 0.15) is 11.1 Å². The van der Waals surface area contributed by atoms with Crippen molar-refractivity contribution in [1.29, 1.82) is 5.26 Å². The number of fused-ring (bicyclic) bond motifs is 1. The third kappa shape index (κ3) is 1.85. The van der Waals surface area contributed by atoms with Gasteiger partial charge in [-0.3, -0.25) is 0 Å². The molecule has 0 fully saturated rings. The second-order valence-electron chi connectivity index (χ2n) is 4.13. The van der Waals surface area contributed by atoms with Crippen LogP contribution in [0.5, 0.6) is 0 Å². The minimum atomic E-state index is 0.681. The van der Waals surface area contributed by atoms with Gasteiger partial charge in [-0.15, -0.1) is 0 Å². The van der Waals surface area contributed by atoms with Gasteiger partial charge >= 0.3 is 6.39 Å². The van der Waals surface area contributed by atoms with Gasteiger partial charge in [-0.05, 0) is 18.2 Å². The Bertz CT molecular complexity index is 720. The van der Waals surface area contributed by atoms with Crippen molar-refractivity contribution in [3.05, 3.63) is 66.1 Å². The Labute approximate surface area is 105 Å². The molecule has 3 aromatic rings. The lowest BCUT2D eigenvalue weighted by atomic mass is 10.1. The zero-order valence-electron chi connectivity index (χ0n) is 9.71. The van der Waals surface area contributed by atoms with Crippen LogP contribution in [-0.4, -0.2) is 0 Å². The molecule has 2 aromatic carbocycles. The van der Waals surface area contributed by atoms with E-state index >= 15 is 0 Å². The maximum atomic E-state index is 8.76. The lowest BCUT2D eigenvalue weighted by Crippen LogP contribution is -2.32. The highest BCUT2D eigenvalue weighted by Crippen LogP contribution is 2.10. The summed E-state index contributed by atoms with van der Waals surface area (Å²) in [5.41, 5.74) is 3.78. The first-order valence-electron chi connectivity index (χ1n) is 5.71. The molecular weight excluding hydrogens is 224 g/mol. The van der Waals surface area contributed by atoms with Crippen molar-refractivity contribution in [2.45, 2.75) is 6.54 Å². The maximum Gasteiger partial charge on any atom is 0.335 e. The van der Waals surface area contributed by atoms with Crippen LogP contribution in [0.15, 0.2) is 59.3 Å². The van der Waals surface area contributed by atoms with Gasteiger partial charge in [0.1, 0.15) is 0 Å². The fraction of sp³-hybridized carbons (Fsp3) is 0.0667. The summed E-state index contributed by atoms with van der Waals surface area (Å²) in [6.07, 6.45) is 1.73. The second-order valence-corrected chi connectivity index (χ2v) is 4.13. The van der Waals surface area contributed by atoms with Crippen LogP contribution in [0.25, 0.3) is 11.1 Å². The molecular formula is C15H11N2O+. The van der Waals surface area contributed by atoms with E-state index in [0.717, 1.165) is 23.2 Å². The molecule has 0 atom stereocenters. The molecule has 3 nitrogen and oxygen atoms in total. The standard InChI is InChI=1S/C15H11N2O/c16-9-12-5-7-13(8-6-12)10-17-11-18-15-4-2-1-3-14(15)17/h1-8,11H,10H2/q+1. The Hall–Kier alpha value is -2.60. The van der Waals surface area contributed by atoms with Gasteiger partial charge in [-0.1, -0.05) is 24.3 Å². The highest BCUT2D eigenvalue weighted by atomic mass is 16.3. The van der Waals surface area contributed by atoms with Gasteiger partial charge in [0.15, 0.2) is 6.54 Å². The number of para-hydroxylation sites is 2. The molecule has 0 radical (unpaired) electrons. The number of aromatic nitrogens is 1. The van der Waals surface area contributed by atoms with Gasteiger partial charge in [0.05, 0.1) is 11.6 Å². The Morgan fingerprint density at radius 3 is 2.61 bits per heavy atom. The van der Waals surface area contributed by atoms with Crippen LogP contribution in [0.2, 0.25) is 0 Å².